The lowest BCUT2D eigenvalue weighted by molar-refractivity contribution is -0.128. The van der Waals surface area contributed by atoms with Crippen LogP contribution >= 0.6 is 0 Å². The molecule has 2 aromatic rings. The number of amides is 2. The number of ether oxygens (including phenoxy) is 3. The Hall–Kier alpha value is -3.43. The molecule has 0 aliphatic carbocycles. The number of nitrogens with one attached hydrogen (secondary N) is 2. The van der Waals surface area contributed by atoms with E-state index in [1.807, 2.05) is 0 Å². The predicted molar refractivity (Wildman–Crippen MR) is 91.7 cm³/mol. The molecule has 0 heterocycles. The quantitative estimate of drug-likeness (QED) is 0.701. The number of hydrogen-bond donors (Lipinski definition) is 2. The second kappa shape index (κ2) is 9.49. The second-order valence-electron chi connectivity index (χ2n) is 5.40. The maximum Gasteiger partial charge on any atom is 0.387 e. The molecule has 1 atom stereocenters. The minimum absolute atomic E-state index is 0.0332. The number of methoxy groups -OCH3 is 1. The van der Waals surface area contributed by atoms with Gasteiger partial charge in [0.05, 0.1) is 7.11 Å². The van der Waals surface area contributed by atoms with Crippen LogP contribution in [0.1, 0.15) is 17.3 Å². The Labute approximate surface area is 158 Å². The van der Waals surface area contributed by atoms with E-state index >= 15 is 0 Å². The number of benzene rings is 2. The van der Waals surface area contributed by atoms with Crippen LogP contribution in [0.15, 0.2) is 42.5 Å². The van der Waals surface area contributed by atoms with Gasteiger partial charge in [0.2, 0.25) is 0 Å². The summed E-state index contributed by atoms with van der Waals surface area (Å²) in [5, 5.41) is 0. The number of carbonyl (C=O) groups is 2. The van der Waals surface area contributed by atoms with Gasteiger partial charge in [-0.1, -0.05) is 0 Å². The minimum Gasteiger partial charge on any atom is -0.493 e. The van der Waals surface area contributed by atoms with Crippen LogP contribution in [0.2, 0.25) is 0 Å². The molecule has 0 unspecified atom stereocenters. The van der Waals surface area contributed by atoms with Crippen molar-refractivity contribution in [3.63, 3.8) is 0 Å². The normalized spacial score (nSPS) is 11.5. The van der Waals surface area contributed by atoms with E-state index in [0.717, 1.165) is 6.07 Å². The van der Waals surface area contributed by atoms with E-state index in [2.05, 4.69) is 15.6 Å². The minimum atomic E-state index is -3.05. The van der Waals surface area contributed by atoms with E-state index in [1.165, 1.54) is 50.4 Å². The molecule has 0 fully saturated rings. The topological polar surface area (TPSA) is 85.9 Å². The molecule has 0 aliphatic rings. The van der Waals surface area contributed by atoms with Gasteiger partial charge < -0.3 is 14.2 Å². The van der Waals surface area contributed by atoms with Gasteiger partial charge in [-0.3, -0.25) is 20.4 Å². The molecule has 7 nitrogen and oxygen atoms in total. The van der Waals surface area contributed by atoms with Crippen molar-refractivity contribution >= 4 is 11.8 Å². The summed E-state index contributed by atoms with van der Waals surface area (Å²) in [4.78, 5) is 24.1. The highest BCUT2D eigenvalue weighted by Crippen LogP contribution is 2.29. The van der Waals surface area contributed by atoms with Crippen molar-refractivity contribution in [1.82, 2.24) is 10.9 Å². The summed E-state index contributed by atoms with van der Waals surface area (Å²) in [5.74, 6) is -1.87. The van der Waals surface area contributed by atoms with Crippen LogP contribution in [-0.4, -0.2) is 31.6 Å². The first-order valence-electron chi connectivity index (χ1n) is 7.95. The van der Waals surface area contributed by atoms with Crippen LogP contribution in [-0.2, 0) is 4.79 Å². The van der Waals surface area contributed by atoms with Crippen molar-refractivity contribution in [2.45, 2.75) is 19.6 Å². The van der Waals surface area contributed by atoms with Crippen molar-refractivity contribution in [2.24, 2.45) is 0 Å². The van der Waals surface area contributed by atoms with Crippen molar-refractivity contribution in [2.75, 3.05) is 7.11 Å². The summed E-state index contributed by atoms with van der Waals surface area (Å²) in [6, 6.07) is 8.60. The Balaban J connectivity index is 1.93. The third-order valence-electron chi connectivity index (χ3n) is 3.44. The molecular formula is C18H17F3N2O5. The lowest BCUT2D eigenvalue weighted by Crippen LogP contribution is -2.47. The first kappa shape index (κ1) is 20.9. The predicted octanol–water partition coefficient (Wildman–Crippen LogP) is 2.66. The van der Waals surface area contributed by atoms with E-state index in [0.29, 0.717) is 0 Å². The number of hydrogen-bond acceptors (Lipinski definition) is 5. The SMILES string of the molecule is COc1cc(C(=O)NNC(=O)[C@@H](C)Oc2ccc(F)cc2)ccc1OC(F)F. The molecule has 2 N–H and O–H groups in total. The number of alkyl halides is 2. The molecule has 10 heteroatoms. The van der Waals surface area contributed by atoms with Crippen LogP contribution in [0, 0.1) is 5.82 Å². The zero-order valence-electron chi connectivity index (χ0n) is 14.9. The van der Waals surface area contributed by atoms with Gasteiger partial charge in [0.1, 0.15) is 11.6 Å². The molecular weight excluding hydrogens is 381 g/mol. The largest absolute Gasteiger partial charge is 0.493 e. The fraction of sp³-hybridized carbons (Fsp3) is 0.222. The van der Waals surface area contributed by atoms with Crippen molar-refractivity contribution < 1.29 is 37.0 Å². The Bertz CT molecular complexity index is 830. The highest BCUT2D eigenvalue weighted by molar-refractivity contribution is 5.96. The monoisotopic (exact) mass is 398 g/mol. The zero-order valence-corrected chi connectivity index (χ0v) is 14.9. The fourth-order valence-electron chi connectivity index (χ4n) is 2.07. The lowest BCUT2D eigenvalue weighted by atomic mass is 10.2. The highest BCUT2D eigenvalue weighted by atomic mass is 19.3. The number of hydrazine groups is 1. The number of carbonyl (C=O) groups excluding carboxylic acids is 2. The van der Waals surface area contributed by atoms with Crippen molar-refractivity contribution in [3.8, 4) is 17.2 Å². The Morgan fingerprint density at radius 2 is 1.64 bits per heavy atom. The molecule has 0 saturated heterocycles. The van der Waals surface area contributed by atoms with Crippen molar-refractivity contribution in [3.05, 3.63) is 53.8 Å². The van der Waals surface area contributed by atoms with Crippen LogP contribution in [0.3, 0.4) is 0 Å². The van der Waals surface area contributed by atoms with Gasteiger partial charge in [-0.15, -0.1) is 0 Å². The van der Waals surface area contributed by atoms with Crippen LogP contribution in [0.4, 0.5) is 13.2 Å². The van der Waals surface area contributed by atoms with Gasteiger partial charge in [-0.25, -0.2) is 4.39 Å². The third-order valence-corrected chi connectivity index (χ3v) is 3.44. The van der Waals surface area contributed by atoms with Gasteiger partial charge in [-0.2, -0.15) is 8.78 Å². The summed E-state index contributed by atoms with van der Waals surface area (Å²) in [6.45, 7) is -1.61. The average molecular weight is 398 g/mol. The molecule has 0 spiro atoms. The Morgan fingerprint density at radius 3 is 2.25 bits per heavy atom. The molecule has 2 amide bonds. The molecule has 28 heavy (non-hydrogen) atoms. The lowest BCUT2D eigenvalue weighted by Gasteiger charge is -2.15. The summed E-state index contributed by atoms with van der Waals surface area (Å²) < 4.78 is 52.0. The molecule has 150 valence electrons. The van der Waals surface area contributed by atoms with E-state index in [1.54, 1.807) is 0 Å². The van der Waals surface area contributed by atoms with E-state index in [4.69, 9.17) is 9.47 Å². The first-order valence-corrected chi connectivity index (χ1v) is 7.95. The van der Waals surface area contributed by atoms with E-state index in [-0.39, 0.29) is 22.8 Å². The summed E-state index contributed by atoms with van der Waals surface area (Å²) in [6.07, 6.45) is -0.984. The van der Waals surface area contributed by atoms with Crippen LogP contribution in [0.5, 0.6) is 17.2 Å². The van der Waals surface area contributed by atoms with Crippen LogP contribution < -0.4 is 25.1 Å². The van der Waals surface area contributed by atoms with Crippen LogP contribution in [0.25, 0.3) is 0 Å². The third kappa shape index (κ3) is 5.79. The Kier molecular flexibility index (Phi) is 7.08. The maximum absolute atomic E-state index is 12.9. The summed E-state index contributed by atoms with van der Waals surface area (Å²) in [7, 11) is 1.23. The zero-order chi connectivity index (χ0) is 20.7. The summed E-state index contributed by atoms with van der Waals surface area (Å²) >= 11 is 0. The average Bonchev–Trinajstić information content (AvgIpc) is 2.67. The standard InChI is InChI=1S/C18H17F3N2O5/c1-10(27-13-6-4-12(19)5-7-13)16(24)22-23-17(25)11-3-8-14(28-18(20)21)15(9-11)26-2/h3-10,18H,1-2H3,(H,22,24)(H,23,25)/t10-/m1/s1. The molecule has 0 aromatic heterocycles. The van der Waals surface area contributed by atoms with Gasteiger partial charge in [0, 0.05) is 5.56 Å². The molecule has 2 aromatic carbocycles. The molecule has 0 aliphatic heterocycles. The van der Waals surface area contributed by atoms with Gasteiger partial charge in [-0.05, 0) is 49.4 Å². The van der Waals surface area contributed by atoms with Gasteiger partial charge >= 0.3 is 6.61 Å². The molecule has 0 radical (unpaired) electrons. The highest BCUT2D eigenvalue weighted by Gasteiger charge is 2.17. The molecule has 2 rings (SSSR count). The maximum atomic E-state index is 12.9. The Morgan fingerprint density at radius 1 is 0.964 bits per heavy atom. The number of rotatable bonds is 7. The van der Waals surface area contributed by atoms with Crippen molar-refractivity contribution in [1.29, 1.82) is 0 Å². The second-order valence-corrected chi connectivity index (χ2v) is 5.40. The number of halogens is 3. The fourth-order valence-corrected chi connectivity index (χ4v) is 2.07. The smallest absolute Gasteiger partial charge is 0.387 e. The molecule has 0 bridgehead atoms. The first-order chi connectivity index (χ1) is 13.3. The van der Waals surface area contributed by atoms with Gasteiger partial charge in [0.15, 0.2) is 17.6 Å². The summed E-state index contributed by atoms with van der Waals surface area (Å²) in [5.41, 5.74) is 4.36. The van der Waals surface area contributed by atoms with E-state index < -0.39 is 30.3 Å². The van der Waals surface area contributed by atoms with E-state index in [9.17, 15) is 22.8 Å². The van der Waals surface area contributed by atoms with Gasteiger partial charge in [0.25, 0.3) is 11.8 Å². The molecule has 0 saturated carbocycles.